The second-order valence-corrected chi connectivity index (χ2v) is 22.1. The summed E-state index contributed by atoms with van der Waals surface area (Å²) in [5.41, 5.74) is 1.84. The van der Waals surface area contributed by atoms with E-state index in [1.165, 1.54) is 75.7 Å². The largest absolute Gasteiger partial charge is 0.355 e. The molecule has 0 atom stereocenters. The minimum Gasteiger partial charge on any atom is -0.355 e. The van der Waals surface area contributed by atoms with Crippen molar-refractivity contribution < 1.29 is 114 Å². The zero-order valence-corrected chi connectivity index (χ0v) is 62.7. The van der Waals surface area contributed by atoms with Crippen LogP contribution >= 0.6 is 0 Å². The maximum Gasteiger partial charge on any atom is 0.251 e. The maximum atomic E-state index is 12.9. The van der Waals surface area contributed by atoms with Crippen molar-refractivity contribution in [2.24, 2.45) is 0 Å². The summed E-state index contributed by atoms with van der Waals surface area (Å²) in [5.74, 6) is -3.26. The van der Waals surface area contributed by atoms with E-state index in [1.807, 2.05) is 13.8 Å². The van der Waals surface area contributed by atoms with Crippen molar-refractivity contribution in [3.8, 4) is 0 Å². The fourth-order valence-corrected chi connectivity index (χ4v) is 8.76. The summed E-state index contributed by atoms with van der Waals surface area (Å²) < 4.78 is 0. The predicted molar refractivity (Wildman–Crippen MR) is 359 cm³/mol. The quantitative estimate of drug-likeness (QED) is 0.0199. The van der Waals surface area contributed by atoms with Crippen LogP contribution < -0.4 is 47.9 Å². The molecule has 528 valence electrons. The molecule has 26 heteroatoms. The van der Waals surface area contributed by atoms with Gasteiger partial charge in [0.05, 0.1) is 0 Å². The Morgan fingerprint density at radius 3 is 0.615 bits per heavy atom. The number of ketones is 6. The van der Waals surface area contributed by atoms with Crippen LogP contribution in [0.4, 0.5) is 0 Å². The topological polar surface area (TPSA) is 364 Å². The molecule has 0 aliphatic carbocycles. The van der Waals surface area contributed by atoms with Gasteiger partial charge in [0.25, 0.3) is 53.2 Å². The molecule has 0 aliphatic rings. The zero-order valence-electron chi connectivity index (χ0n) is 56.8. The Morgan fingerprint density at radius 1 is 0.250 bits per heavy atom. The monoisotopic (exact) mass is 1670 g/mol. The normalized spacial score (nSPS) is 10.1. The summed E-state index contributed by atoms with van der Waals surface area (Å²) in [7, 11) is 4.44. The van der Waals surface area contributed by atoms with Gasteiger partial charge >= 0.3 is 0 Å². The van der Waals surface area contributed by atoms with E-state index in [4.69, 9.17) is 0 Å². The predicted octanol–water partition coefficient (Wildman–Crippen LogP) is 7.26. The molecule has 0 saturated carbocycles. The molecule has 0 saturated heterocycles. The van der Waals surface area contributed by atoms with Gasteiger partial charge < -0.3 is 71.3 Å². The standard InChI is InChI=1S/C32H48N3O6.C26H36N3O6.C12H15N3O3.2W/c1-4-28(37)16-10-7-13-19-34-31(40)26-21-25(30(39)33-18-12-6-9-15-24(3)36)22-27(23-26)32(41)35-20-14-8-11-17-29(38)5-2;1-4-22(31)10-7-13-28-25(34)20-15-19(24(33)27-12-6-9-18(3)30)16-21(17-20)26(35)29-14-8-11-23(32)5-2;1-13-10(16)7-4-8(11(17)14-2)6-9(5-7)12(18)15-3;;/h21-23H,3-20H2,1-2H3,(H,33,39)(H,34,40)(H,35,41);15-17H,3-14H2,1-2H3,(H,27,33)(H,28,34)(H,29,35);4-6H,1-3H3,(H,13,16)(H,14,17)(H,15,18);;/q2*-1;;;. The number of carbonyl (C=O) groups is 15. The first-order valence-corrected chi connectivity index (χ1v) is 32.5. The van der Waals surface area contributed by atoms with Gasteiger partial charge in [-0.1, -0.05) is 47.0 Å². The Kier molecular flexibility index (Phi) is 49.9. The second-order valence-electron chi connectivity index (χ2n) is 22.1. The first kappa shape index (κ1) is 90.1. The van der Waals surface area contributed by atoms with Crippen LogP contribution in [0.2, 0.25) is 0 Å². The van der Waals surface area contributed by atoms with Crippen molar-refractivity contribution in [2.45, 2.75) is 169 Å². The second kappa shape index (κ2) is 53.2. The number of nitrogens with one attached hydrogen (secondary N) is 9. The molecule has 3 aromatic rings. The SMILES string of the molecule is CNC(=O)c1cc(C(=O)NC)cc(C(=O)NC)c1.[CH2-]C(=O)CCCCCNC(=O)c1cc(C(=O)NCCCCCC(=O)CC)cc(C(=O)NCCCCCC(=O)CC)c1.[CH2-]C(=O)CCCNC(=O)c1cc(C(=O)NCCCC(=O)CC)cc(C(=O)NCCCC(=O)CC)c1.[W].[W]. The molecule has 9 N–H and O–H groups in total. The molecule has 0 fully saturated rings. The summed E-state index contributed by atoms with van der Waals surface area (Å²) in [5, 5.41) is 23.9. The van der Waals surface area contributed by atoms with E-state index in [-0.39, 0.29) is 188 Å². The van der Waals surface area contributed by atoms with E-state index < -0.39 is 17.7 Å². The maximum absolute atomic E-state index is 12.9. The van der Waals surface area contributed by atoms with Gasteiger partial charge in [-0.2, -0.15) is 0 Å². The Labute approximate surface area is 594 Å². The third-order valence-corrected chi connectivity index (χ3v) is 14.4. The molecule has 96 heavy (non-hydrogen) atoms. The van der Waals surface area contributed by atoms with Crippen LogP contribution in [0.25, 0.3) is 0 Å². The number of amides is 9. The van der Waals surface area contributed by atoms with E-state index in [9.17, 15) is 71.9 Å². The zero-order chi connectivity index (χ0) is 70.4. The average Bonchev–Trinajstić information content (AvgIpc) is 1.32. The summed E-state index contributed by atoms with van der Waals surface area (Å²) in [6.07, 6.45) is 12.7. The average molecular weight is 1670 g/mol. The Bertz CT molecular complexity index is 2880. The van der Waals surface area contributed by atoms with Crippen molar-refractivity contribution in [1.29, 1.82) is 0 Å². The van der Waals surface area contributed by atoms with Crippen LogP contribution in [0.1, 0.15) is 262 Å². The fraction of sp³-hybridized carbons (Fsp3) is 0.500. The van der Waals surface area contributed by atoms with E-state index in [0.717, 1.165) is 44.9 Å². The molecule has 0 unspecified atom stereocenters. The van der Waals surface area contributed by atoms with Gasteiger partial charge in [0.15, 0.2) is 0 Å². The minimum atomic E-state index is -0.479. The Hall–Kier alpha value is -7.97. The van der Waals surface area contributed by atoms with Crippen molar-refractivity contribution >= 4 is 87.9 Å². The van der Waals surface area contributed by atoms with E-state index in [0.29, 0.717) is 110 Å². The summed E-state index contributed by atoms with van der Waals surface area (Å²) >= 11 is 0. The Morgan fingerprint density at radius 2 is 0.417 bits per heavy atom. The van der Waals surface area contributed by atoms with Crippen LogP contribution in [0.15, 0.2) is 54.6 Å². The van der Waals surface area contributed by atoms with Crippen LogP contribution in [-0.2, 0) is 70.9 Å². The molecule has 0 bridgehead atoms. The van der Waals surface area contributed by atoms with Crippen LogP contribution in [0.3, 0.4) is 0 Å². The van der Waals surface area contributed by atoms with E-state index in [2.05, 4.69) is 61.7 Å². The molecule has 9 amide bonds. The van der Waals surface area contributed by atoms with E-state index >= 15 is 0 Å². The fourth-order valence-electron chi connectivity index (χ4n) is 8.76. The molecule has 24 nitrogen and oxygen atoms in total. The summed E-state index contributed by atoms with van der Waals surface area (Å²) in [4.78, 5) is 179. The van der Waals surface area contributed by atoms with E-state index in [1.54, 1.807) is 13.8 Å². The first-order chi connectivity index (χ1) is 44.9. The number of Topliss-reactive ketones (excluding diaryl/α,β-unsaturated/α-hetero) is 6. The minimum absolute atomic E-state index is 0. The van der Waals surface area contributed by atoms with Gasteiger partial charge in [-0.15, -0.1) is 0 Å². The summed E-state index contributed by atoms with van der Waals surface area (Å²) in [6.45, 7) is 16.0. The number of unbranched alkanes of at least 4 members (excludes halogenated alkanes) is 6. The first-order valence-electron chi connectivity index (χ1n) is 32.5. The van der Waals surface area contributed by atoms with Gasteiger partial charge in [-0.3, -0.25) is 62.3 Å². The molecule has 0 aromatic heterocycles. The Balaban J connectivity index is 0. The van der Waals surface area contributed by atoms with Crippen molar-refractivity contribution in [3.05, 3.63) is 119 Å². The van der Waals surface area contributed by atoms with Crippen LogP contribution in [-0.4, -0.2) is 148 Å². The van der Waals surface area contributed by atoms with Gasteiger partial charge in [-0.05, 0) is 137 Å². The third kappa shape index (κ3) is 39.2. The molecule has 0 radical (unpaired) electrons. The molecule has 3 aromatic carbocycles. The molecular formula is C70H99N9O15W2-2. The van der Waals surface area contributed by atoms with Gasteiger partial charge in [0, 0.05) is 204 Å². The number of hydrogen-bond acceptors (Lipinski definition) is 15. The van der Waals surface area contributed by atoms with Crippen molar-refractivity contribution in [1.82, 2.24) is 47.9 Å². The number of carbonyl (C=O) groups excluding carboxylic acids is 15. The molecule has 0 aliphatic heterocycles. The van der Waals surface area contributed by atoms with Gasteiger partial charge in [0.1, 0.15) is 23.1 Å². The van der Waals surface area contributed by atoms with Gasteiger partial charge in [-0.25, -0.2) is 0 Å². The van der Waals surface area contributed by atoms with Crippen molar-refractivity contribution in [2.75, 3.05) is 60.4 Å². The van der Waals surface area contributed by atoms with Crippen LogP contribution in [0.5, 0.6) is 0 Å². The molecule has 0 spiro atoms. The third-order valence-electron chi connectivity index (χ3n) is 14.4. The number of rotatable bonds is 43. The molecule has 3 rings (SSSR count). The molecular weight excluding hydrogens is 1570 g/mol. The van der Waals surface area contributed by atoms with Crippen LogP contribution in [0, 0.1) is 13.8 Å². The van der Waals surface area contributed by atoms with Crippen molar-refractivity contribution in [3.63, 3.8) is 0 Å². The smallest absolute Gasteiger partial charge is 0.251 e. The molecule has 0 heterocycles. The summed E-state index contributed by atoms with van der Waals surface area (Å²) in [6, 6.07) is 12.9. The number of benzene rings is 3. The van der Waals surface area contributed by atoms with Gasteiger partial charge in [0.2, 0.25) is 0 Å². The number of hydrogen-bond donors (Lipinski definition) is 9.